The number of pyridine rings is 1. The van der Waals surface area contributed by atoms with E-state index in [2.05, 4.69) is 17.2 Å². The second-order valence-corrected chi connectivity index (χ2v) is 4.42. The van der Waals surface area contributed by atoms with Crippen molar-refractivity contribution in [2.24, 2.45) is 0 Å². The van der Waals surface area contributed by atoms with E-state index in [1.165, 1.54) is 0 Å². The van der Waals surface area contributed by atoms with Crippen LogP contribution in [0.4, 0.5) is 5.82 Å². The average Bonchev–Trinajstić information content (AvgIpc) is 2.48. The summed E-state index contributed by atoms with van der Waals surface area (Å²) in [5.41, 5.74) is 2.27. The van der Waals surface area contributed by atoms with Gasteiger partial charge in [0.05, 0.1) is 5.71 Å². The van der Waals surface area contributed by atoms with Crippen molar-refractivity contribution in [3.05, 3.63) is 59.8 Å². The lowest BCUT2D eigenvalue weighted by Crippen LogP contribution is -2.10. The van der Waals surface area contributed by atoms with Gasteiger partial charge < -0.3 is 5.32 Å². The Bertz CT molecular complexity index is 535. The van der Waals surface area contributed by atoms with Gasteiger partial charge in [-0.25, -0.2) is 4.98 Å². The van der Waals surface area contributed by atoms with Crippen molar-refractivity contribution >= 4 is 11.5 Å². The molecule has 19 heavy (non-hydrogen) atoms. The maximum Gasteiger partial charge on any atom is 0.135 e. The first-order valence-electron chi connectivity index (χ1n) is 6.66. The maximum atomic E-state index is 8.31. The predicted molar refractivity (Wildman–Crippen MR) is 80.0 cm³/mol. The Morgan fingerprint density at radius 3 is 2.68 bits per heavy atom. The molecule has 0 aliphatic rings. The van der Waals surface area contributed by atoms with Crippen LogP contribution in [0.5, 0.6) is 0 Å². The van der Waals surface area contributed by atoms with Gasteiger partial charge in [-0.3, -0.25) is 5.41 Å². The molecule has 2 aromatic rings. The Labute approximate surface area is 114 Å². The molecule has 0 saturated heterocycles. The third-order valence-corrected chi connectivity index (χ3v) is 2.96. The molecule has 0 atom stereocenters. The number of unbranched alkanes of at least 4 members (excludes halogenated alkanes) is 1. The predicted octanol–water partition coefficient (Wildman–Crippen LogP) is 3.71. The molecule has 1 heterocycles. The highest BCUT2D eigenvalue weighted by Gasteiger charge is 2.09. The maximum absolute atomic E-state index is 8.31. The molecule has 1 aromatic heterocycles. The number of nitrogens with zero attached hydrogens (tertiary/aromatic N) is 1. The molecule has 0 unspecified atom stereocenters. The fraction of sp³-hybridized carbons (Fsp3) is 0.250. The summed E-state index contributed by atoms with van der Waals surface area (Å²) in [5, 5.41) is 11.6. The lowest BCUT2D eigenvalue weighted by molar-refractivity contribution is 0.831. The van der Waals surface area contributed by atoms with Crippen molar-refractivity contribution in [3.8, 4) is 0 Å². The number of benzene rings is 1. The van der Waals surface area contributed by atoms with Crippen LogP contribution in [-0.4, -0.2) is 17.2 Å². The first kappa shape index (κ1) is 13.3. The Morgan fingerprint density at radius 2 is 1.95 bits per heavy atom. The van der Waals surface area contributed by atoms with Gasteiger partial charge in [0, 0.05) is 23.9 Å². The van der Waals surface area contributed by atoms with Gasteiger partial charge >= 0.3 is 0 Å². The summed E-state index contributed by atoms with van der Waals surface area (Å²) < 4.78 is 0. The highest BCUT2D eigenvalue weighted by molar-refractivity contribution is 6.13. The van der Waals surface area contributed by atoms with Gasteiger partial charge in [-0.2, -0.15) is 0 Å². The van der Waals surface area contributed by atoms with Crippen LogP contribution in [0.2, 0.25) is 0 Å². The standard InChI is InChI=1S/C16H19N3/c1-2-3-11-18-16-14(10-7-12-19-16)15(17)13-8-5-4-6-9-13/h4-10,12,17H,2-3,11H2,1H3,(H,18,19). The van der Waals surface area contributed by atoms with Crippen LogP contribution in [-0.2, 0) is 0 Å². The van der Waals surface area contributed by atoms with E-state index < -0.39 is 0 Å². The number of aromatic nitrogens is 1. The zero-order valence-corrected chi connectivity index (χ0v) is 11.2. The second kappa shape index (κ2) is 6.69. The Hall–Kier alpha value is -2.16. The first-order valence-corrected chi connectivity index (χ1v) is 6.66. The number of nitrogens with one attached hydrogen (secondary N) is 2. The zero-order valence-electron chi connectivity index (χ0n) is 11.2. The molecule has 0 aliphatic carbocycles. The molecule has 1 aromatic carbocycles. The minimum absolute atomic E-state index is 0.507. The van der Waals surface area contributed by atoms with Gasteiger partial charge in [0.25, 0.3) is 0 Å². The first-order chi connectivity index (χ1) is 9.33. The SMILES string of the molecule is CCCCNc1ncccc1C(=N)c1ccccc1. The van der Waals surface area contributed by atoms with Crippen LogP contribution in [0.3, 0.4) is 0 Å². The lowest BCUT2D eigenvalue weighted by Gasteiger charge is -2.11. The van der Waals surface area contributed by atoms with E-state index in [1.807, 2.05) is 42.5 Å². The fourth-order valence-corrected chi connectivity index (χ4v) is 1.89. The molecule has 98 valence electrons. The molecule has 0 aliphatic heterocycles. The van der Waals surface area contributed by atoms with Crippen molar-refractivity contribution in [3.63, 3.8) is 0 Å². The average molecular weight is 253 g/mol. The number of hydrogen-bond donors (Lipinski definition) is 2. The van der Waals surface area contributed by atoms with Gasteiger partial charge in [0.1, 0.15) is 5.82 Å². The van der Waals surface area contributed by atoms with Crippen LogP contribution in [0.25, 0.3) is 0 Å². The second-order valence-electron chi connectivity index (χ2n) is 4.42. The number of anilines is 1. The van der Waals surface area contributed by atoms with E-state index in [4.69, 9.17) is 5.41 Å². The highest BCUT2D eigenvalue weighted by atomic mass is 15.0. The Kier molecular flexibility index (Phi) is 4.67. The number of rotatable bonds is 6. The monoisotopic (exact) mass is 253 g/mol. The molecule has 0 radical (unpaired) electrons. The summed E-state index contributed by atoms with van der Waals surface area (Å²) in [5.74, 6) is 0.796. The van der Waals surface area contributed by atoms with Crippen LogP contribution in [0.1, 0.15) is 30.9 Å². The van der Waals surface area contributed by atoms with Gasteiger partial charge in [0.15, 0.2) is 0 Å². The van der Waals surface area contributed by atoms with Crippen LogP contribution < -0.4 is 5.32 Å². The van der Waals surface area contributed by atoms with Crippen LogP contribution >= 0.6 is 0 Å². The summed E-state index contributed by atoms with van der Waals surface area (Å²) in [6, 6.07) is 13.6. The van der Waals surface area contributed by atoms with Crippen LogP contribution in [0, 0.1) is 5.41 Å². The normalized spacial score (nSPS) is 10.2. The Morgan fingerprint density at radius 1 is 1.16 bits per heavy atom. The van der Waals surface area contributed by atoms with Crippen molar-refractivity contribution in [1.29, 1.82) is 5.41 Å². The smallest absolute Gasteiger partial charge is 0.135 e. The molecule has 2 N–H and O–H groups in total. The minimum Gasteiger partial charge on any atom is -0.370 e. The van der Waals surface area contributed by atoms with Gasteiger partial charge in [-0.15, -0.1) is 0 Å². The lowest BCUT2D eigenvalue weighted by atomic mass is 10.0. The number of hydrogen-bond acceptors (Lipinski definition) is 3. The molecule has 3 heteroatoms. The largest absolute Gasteiger partial charge is 0.370 e. The summed E-state index contributed by atoms with van der Waals surface area (Å²) in [4.78, 5) is 4.35. The summed E-state index contributed by atoms with van der Waals surface area (Å²) in [6.07, 6.45) is 4.01. The zero-order chi connectivity index (χ0) is 13.5. The van der Waals surface area contributed by atoms with E-state index in [0.29, 0.717) is 5.71 Å². The van der Waals surface area contributed by atoms with E-state index >= 15 is 0 Å². The highest BCUT2D eigenvalue weighted by Crippen LogP contribution is 2.16. The summed E-state index contributed by atoms with van der Waals surface area (Å²) >= 11 is 0. The van der Waals surface area contributed by atoms with Crippen molar-refractivity contribution in [2.45, 2.75) is 19.8 Å². The van der Waals surface area contributed by atoms with Gasteiger partial charge in [0.2, 0.25) is 0 Å². The molecule has 3 nitrogen and oxygen atoms in total. The topological polar surface area (TPSA) is 48.8 Å². The van der Waals surface area contributed by atoms with E-state index in [0.717, 1.165) is 36.3 Å². The van der Waals surface area contributed by atoms with Gasteiger partial charge in [-0.05, 0) is 18.6 Å². The molecular formula is C16H19N3. The minimum atomic E-state index is 0.507. The van der Waals surface area contributed by atoms with Crippen LogP contribution in [0.15, 0.2) is 48.7 Å². The third kappa shape index (κ3) is 3.41. The molecule has 0 fully saturated rings. The summed E-state index contributed by atoms with van der Waals surface area (Å²) in [7, 11) is 0. The fourth-order valence-electron chi connectivity index (χ4n) is 1.89. The molecule has 0 spiro atoms. The summed E-state index contributed by atoms with van der Waals surface area (Å²) in [6.45, 7) is 3.05. The van der Waals surface area contributed by atoms with E-state index in [1.54, 1.807) is 6.20 Å². The van der Waals surface area contributed by atoms with Crippen molar-refractivity contribution in [1.82, 2.24) is 4.98 Å². The van der Waals surface area contributed by atoms with Gasteiger partial charge in [-0.1, -0.05) is 43.7 Å². The Balaban J connectivity index is 2.22. The third-order valence-electron chi connectivity index (χ3n) is 2.96. The molecule has 0 saturated carbocycles. The molecule has 2 rings (SSSR count). The quantitative estimate of drug-likeness (QED) is 0.609. The molecular weight excluding hydrogens is 234 g/mol. The molecule has 0 bridgehead atoms. The van der Waals surface area contributed by atoms with Crippen molar-refractivity contribution in [2.75, 3.05) is 11.9 Å². The van der Waals surface area contributed by atoms with E-state index in [-0.39, 0.29) is 0 Å². The van der Waals surface area contributed by atoms with E-state index in [9.17, 15) is 0 Å². The van der Waals surface area contributed by atoms with Crippen molar-refractivity contribution < 1.29 is 0 Å². The molecule has 0 amide bonds.